The maximum absolute atomic E-state index is 13.0. The number of ether oxygens (including phenoxy) is 1. The van der Waals surface area contributed by atoms with E-state index in [9.17, 15) is 9.18 Å². The average molecular weight is 347 g/mol. The molecule has 136 valence electrons. The minimum Gasteiger partial charge on any atom is -0.489 e. The molecule has 0 radical (unpaired) electrons. The minimum absolute atomic E-state index is 0.0469. The Hall–Kier alpha value is -1.66. The number of rotatable bonds is 4. The monoisotopic (exact) mass is 347 g/mol. The van der Waals surface area contributed by atoms with Gasteiger partial charge in [-0.3, -0.25) is 9.69 Å². The Morgan fingerprint density at radius 2 is 1.92 bits per heavy atom. The molecule has 2 heterocycles. The Labute approximate surface area is 148 Å². The van der Waals surface area contributed by atoms with Gasteiger partial charge in [-0.1, -0.05) is 0 Å². The van der Waals surface area contributed by atoms with Crippen LogP contribution in [-0.2, 0) is 4.79 Å². The number of benzene rings is 1. The Balaban J connectivity index is 1.28. The standard InChI is InChI=1S/C19H26FN3O2/c20-14-2-6-16(7-3-14)25-17-12-18(21-13-17)19(24)23-9-1-8-22(10-11-23)15-4-5-15/h2-3,6-7,15,17-18,21H,1,4-5,8-13H2/t17-,18+/m0/s1. The van der Waals surface area contributed by atoms with E-state index in [4.69, 9.17) is 4.74 Å². The first-order chi connectivity index (χ1) is 12.2. The molecule has 6 heteroatoms. The molecule has 4 rings (SSSR count). The maximum atomic E-state index is 13.0. The summed E-state index contributed by atoms with van der Waals surface area (Å²) in [6, 6.07) is 6.65. The smallest absolute Gasteiger partial charge is 0.239 e. The van der Waals surface area contributed by atoms with Crippen LogP contribution in [0, 0.1) is 5.82 Å². The van der Waals surface area contributed by atoms with Crippen LogP contribution in [0.15, 0.2) is 24.3 Å². The summed E-state index contributed by atoms with van der Waals surface area (Å²) in [4.78, 5) is 17.4. The molecule has 5 nitrogen and oxygen atoms in total. The van der Waals surface area contributed by atoms with Crippen molar-refractivity contribution in [2.75, 3.05) is 32.7 Å². The Kier molecular flexibility index (Phi) is 4.90. The van der Waals surface area contributed by atoms with Gasteiger partial charge in [-0.15, -0.1) is 0 Å². The molecule has 3 aliphatic rings. The van der Waals surface area contributed by atoms with E-state index in [-0.39, 0.29) is 23.9 Å². The van der Waals surface area contributed by atoms with Crippen LogP contribution in [0.4, 0.5) is 4.39 Å². The van der Waals surface area contributed by atoms with Crippen molar-refractivity contribution in [1.29, 1.82) is 0 Å². The maximum Gasteiger partial charge on any atom is 0.239 e. The fourth-order valence-corrected chi connectivity index (χ4v) is 3.87. The van der Waals surface area contributed by atoms with Crippen molar-refractivity contribution in [1.82, 2.24) is 15.1 Å². The molecular formula is C19H26FN3O2. The predicted octanol–water partition coefficient (Wildman–Crippen LogP) is 1.63. The second-order valence-corrected chi connectivity index (χ2v) is 7.34. The van der Waals surface area contributed by atoms with Crippen LogP contribution >= 0.6 is 0 Å². The van der Waals surface area contributed by atoms with Crippen LogP contribution in [0.3, 0.4) is 0 Å². The summed E-state index contributed by atoms with van der Waals surface area (Å²) in [5.74, 6) is 0.574. The van der Waals surface area contributed by atoms with Crippen molar-refractivity contribution in [3.63, 3.8) is 0 Å². The van der Waals surface area contributed by atoms with Gasteiger partial charge in [-0.05, 0) is 43.5 Å². The Bertz CT molecular complexity index is 605. The highest BCUT2D eigenvalue weighted by atomic mass is 19.1. The Morgan fingerprint density at radius 1 is 1.12 bits per heavy atom. The van der Waals surface area contributed by atoms with Gasteiger partial charge in [-0.2, -0.15) is 0 Å². The van der Waals surface area contributed by atoms with E-state index in [0.717, 1.165) is 38.6 Å². The first kappa shape index (κ1) is 16.8. The molecule has 2 atom stereocenters. The molecule has 1 aliphatic carbocycles. The zero-order valence-corrected chi connectivity index (χ0v) is 14.5. The lowest BCUT2D eigenvalue weighted by atomic mass is 10.1. The molecule has 25 heavy (non-hydrogen) atoms. The normalized spacial score (nSPS) is 28.0. The van der Waals surface area contributed by atoms with E-state index in [1.165, 1.54) is 25.0 Å². The van der Waals surface area contributed by atoms with Gasteiger partial charge in [0.25, 0.3) is 0 Å². The number of amides is 1. The topological polar surface area (TPSA) is 44.8 Å². The summed E-state index contributed by atoms with van der Waals surface area (Å²) in [6.07, 6.45) is 4.32. The molecule has 0 aromatic heterocycles. The van der Waals surface area contributed by atoms with Gasteiger partial charge >= 0.3 is 0 Å². The largest absolute Gasteiger partial charge is 0.489 e. The molecule has 1 aromatic carbocycles. The van der Waals surface area contributed by atoms with Crippen LogP contribution in [0.2, 0.25) is 0 Å². The van der Waals surface area contributed by atoms with E-state index < -0.39 is 0 Å². The van der Waals surface area contributed by atoms with E-state index in [0.29, 0.717) is 18.7 Å². The van der Waals surface area contributed by atoms with Crippen molar-refractivity contribution in [3.8, 4) is 5.75 Å². The lowest BCUT2D eigenvalue weighted by molar-refractivity contribution is -0.133. The lowest BCUT2D eigenvalue weighted by Gasteiger charge is -2.24. The van der Waals surface area contributed by atoms with Gasteiger partial charge in [-0.25, -0.2) is 4.39 Å². The average Bonchev–Trinajstić information content (AvgIpc) is 3.39. The molecule has 0 spiro atoms. The Morgan fingerprint density at radius 3 is 2.68 bits per heavy atom. The van der Waals surface area contributed by atoms with Gasteiger partial charge in [0, 0.05) is 45.2 Å². The van der Waals surface area contributed by atoms with Gasteiger partial charge in [0.2, 0.25) is 5.91 Å². The third-order valence-corrected chi connectivity index (χ3v) is 5.41. The van der Waals surface area contributed by atoms with Gasteiger partial charge in [0.05, 0.1) is 6.04 Å². The zero-order valence-electron chi connectivity index (χ0n) is 14.5. The molecule has 1 N–H and O–H groups in total. The second-order valence-electron chi connectivity index (χ2n) is 7.34. The van der Waals surface area contributed by atoms with Crippen molar-refractivity contribution in [3.05, 3.63) is 30.1 Å². The highest BCUT2D eigenvalue weighted by Gasteiger charge is 2.35. The SMILES string of the molecule is O=C([C@H]1C[C@H](Oc2ccc(F)cc2)CN1)N1CCCN(C2CC2)CC1. The fraction of sp³-hybridized carbons (Fsp3) is 0.632. The van der Waals surface area contributed by atoms with E-state index in [1.54, 1.807) is 12.1 Å². The number of hydrogen-bond acceptors (Lipinski definition) is 4. The predicted molar refractivity (Wildman–Crippen MR) is 93.0 cm³/mol. The lowest BCUT2D eigenvalue weighted by Crippen LogP contribution is -2.45. The van der Waals surface area contributed by atoms with E-state index in [1.807, 2.05) is 4.90 Å². The van der Waals surface area contributed by atoms with Crippen LogP contribution in [-0.4, -0.2) is 66.6 Å². The summed E-state index contributed by atoms with van der Waals surface area (Å²) < 4.78 is 18.8. The number of carbonyl (C=O) groups excluding carboxylic acids is 1. The summed E-state index contributed by atoms with van der Waals surface area (Å²) in [6.45, 7) is 4.44. The second kappa shape index (κ2) is 7.30. The first-order valence-corrected chi connectivity index (χ1v) is 9.37. The van der Waals surface area contributed by atoms with Gasteiger partial charge in [0.15, 0.2) is 0 Å². The van der Waals surface area contributed by atoms with Crippen molar-refractivity contribution in [2.24, 2.45) is 0 Å². The third kappa shape index (κ3) is 4.12. The number of halogens is 1. The summed E-state index contributed by atoms with van der Waals surface area (Å²) in [7, 11) is 0. The van der Waals surface area contributed by atoms with E-state index in [2.05, 4.69) is 10.2 Å². The highest BCUT2D eigenvalue weighted by molar-refractivity contribution is 5.82. The molecule has 3 fully saturated rings. The quantitative estimate of drug-likeness (QED) is 0.899. The van der Waals surface area contributed by atoms with Crippen LogP contribution in [0.1, 0.15) is 25.7 Å². The molecule has 0 unspecified atom stereocenters. The highest BCUT2D eigenvalue weighted by Crippen LogP contribution is 2.27. The summed E-state index contributed by atoms with van der Waals surface area (Å²) in [5.41, 5.74) is 0. The van der Waals surface area contributed by atoms with E-state index >= 15 is 0 Å². The summed E-state index contributed by atoms with van der Waals surface area (Å²) >= 11 is 0. The zero-order chi connectivity index (χ0) is 17.2. The molecule has 2 saturated heterocycles. The van der Waals surface area contributed by atoms with Crippen molar-refractivity contribution >= 4 is 5.91 Å². The van der Waals surface area contributed by atoms with Crippen LogP contribution in [0.25, 0.3) is 0 Å². The van der Waals surface area contributed by atoms with Crippen LogP contribution < -0.4 is 10.1 Å². The molecule has 1 amide bonds. The molecule has 1 saturated carbocycles. The first-order valence-electron chi connectivity index (χ1n) is 9.37. The van der Waals surface area contributed by atoms with Crippen molar-refractivity contribution in [2.45, 2.75) is 43.9 Å². The van der Waals surface area contributed by atoms with Gasteiger partial charge in [0.1, 0.15) is 17.7 Å². The van der Waals surface area contributed by atoms with Crippen molar-refractivity contribution < 1.29 is 13.9 Å². The fourth-order valence-electron chi connectivity index (χ4n) is 3.87. The van der Waals surface area contributed by atoms with Gasteiger partial charge < -0.3 is 15.0 Å². The molecule has 0 bridgehead atoms. The number of carbonyl (C=O) groups is 1. The third-order valence-electron chi connectivity index (χ3n) is 5.41. The minimum atomic E-state index is -0.272. The number of nitrogens with one attached hydrogen (secondary N) is 1. The number of nitrogens with zero attached hydrogens (tertiary/aromatic N) is 2. The molecule has 1 aromatic rings. The molecule has 2 aliphatic heterocycles. The molecular weight excluding hydrogens is 321 g/mol. The summed E-state index contributed by atoms with van der Waals surface area (Å²) in [5, 5.41) is 3.30. The number of hydrogen-bond donors (Lipinski definition) is 1. The van der Waals surface area contributed by atoms with Crippen LogP contribution in [0.5, 0.6) is 5.75 Å².